The van der Waals surface area contributed by atoms with Gasteiger partial charge in [-0.15, -0.1) is 0 Å². The number of hydrogen-bond acceptors (Lipinski definition) is 9. The van der Waals surface area contributed by atoms with E-state index in [-0.39, 0.29) is 29.9 Å². The molecule has 0 heterocycles. The van der Waals surface area contributed by atoms with E-state index >= 15 is 0 Å². The second-order valence-corrected chi connectivity index (χ2v) is 5.76. The van der Waals surface area contributed by atoms with Crippen LogP contribution in [0.15, 0.2) is 18.2 Å². The van der Waals surface area contributed by atoms with Crippen LogP contribution >= 0.6 is 0 Å². The van der Waals surface area contributed by atoms with Crippen molar-refractivity contribution in [2.24, 2.45) is 5.92 Å². The molecule has 1 rings (SSSR count). The quantitative estimate of drug-likeness (QED) is 0.245. The van der Waals surface area contributed by atoms with E-state index in [1.54, 1.807) is 6.92 Å². The highest BCUT2D eigenvalue weighted by molar-refractivity contribution is 6.38. The number of carbonyl (C=O) groups excluding carboxylic acids is 4. The van der Waals surface area contributed by atoms with Gasteiger partial charge in [0, 0.05) is 0 Å². The molecule has 0 bridgehead atoms. The maximum absolute atomic E-state index is 11.6. The minimum absolute atomic E-state index is 0.00164. The predicted octanol–water partition coefficient (Wildman–Crippen LogP) is 1.25. The molecular formula is C20H24O11. The number of ketones is 1. The van der Waals surface area contributed by atoms with Crippen LogP contribution in [-0.2, 0) is 33.4 Å². The summed E-state index contributed by atoms with van der Waals surface area (Å²) < 4.78 is 13.5. The second kappa shape index (κ2) is 13.5. The Morgan fingerprint density at radius 2 is 1.39 bits per heavy atom. The van der Waals surface area contributed by atoms with E-state index in [2.05, 4.69) is 14.2 Å². The monoisotopic (exact) mass is 440 g/mol. The number of Topliss-reactive ketones (excluding diaryl/α,β-unsaturated/α-hetero) is 1. The molecule has 0 fully saturated rings. The van der Waals surface area contributed by atoms with Gasteiger partial charge in [-0.2, -0.15) is 0 Å². The highest BCUT2D eigenvalue weighted by atomic mass is 16.5. The first-order chi connectivity index (χ1) is 14.5. The number of aromatic carboxylic acids is 2. The van der Waals surface area contributed by atoms with Crippen molar-refractivity contribution in [2.75, 3.05) is 20.3 Å². The van der Waals surface area contributed by atoms with Gasteiger partial charge in [-0.3, -0.25) is 14.4 Å². The largest absolute Gasteiger partial charge is 0.478 e. The second-order valence-electron chi connectivity index (χ2n) is 5.76. The van der Waals surface area contributed by atoms with Gasteiger partial charge in [0.2, 0.25) is 0 Å². The smallest absolute Gasteiger partial charge is 0.375 e. The predicted molar refractivity (Wildman–Crippen MR) is 103 cm³/mol. The Bertz CT molecular complexity index is 809. The topological polar surface area (TPSA) is 171 Å². The highest BCUT2D eigenvalue weighted by Crippen LogP contribution is 2.13. The zero-order valence-electron chi connectivity index (χ0n) is 17.5. The Balaban J connectivity index is 0.000000609. The molecule has 31 heavy (non-hydrogen) atoms. The van der Waals surface area contributed by atoms with Crippen LogP contribution in [0, 0.1) is 12.8 Å². The first-order valence-electron chi connectivity index (χ1n) is 9.02. The van der Waals surface area contributed by atoms with Crippen molar-refractivity contribution in [3.8, 4) is 0 Å². The van der Waals surface area contributed by atoms with Gasteiger partial charge in [0.15, 0.2) is 0 Å². The van der Waals surface area contributed by atoms with E-state index in [0.29, 0.717) is 0 Å². The van der Waals surface area contributed by atoms with Crippen LogP contribution in [-0.4, -0.2) is 66.2 Å². The Kier molecular flexibility index (Phi) is 11.8. The fourth-order valence-electron chi connectivity index (χ4n) is 2.22. The van der Waals surface area contributed by atoms with Crippen molar-refractivity contribution in [1.29, 1.82) is 0 Å². The number of hydrogen-bond donors (Lipinski definition) is 2. The van der Waals surface area contributed by atoms with Crippen LogP contribution in [0.5, 0.6) is 0 Å². The van der Waals surface area contributed by atoms with Gasteiger partial charge in [0.25, 0.3) is 5.78 Å². The molecule has 0 aliphatic carbocycles. The summed E-state index contributed by atoms with van der Waals surface area (Å²) in [7, 11) is 1.11. The summed E-state index contributed by atoms with van der Waals surface area (Å²) in [6.07, 6.45) is -0.549. The van der Waals surface area contributed by atoms with Gasteiger partial charge in [0.05, 0.1) is 37.9 Å². The van der Waals surface area contributed by atoms with E-state index < -0.39 is 48.0 Å². The molecule has 1 atom stereocenters. The molecular weight excluding hydrogens is 416 g/mol. The average Bonchev–Trinajstić information content (AvgIpc) is 2.71. The number of carboxylic acid groups (broad SMARTS) is 2. The van der Waals surface area contributed by atoms with E-state index in [1.807, 2.05) is 0 Å². The minimum atomic E-state index is -1.52. The summed E-state index contributed by atoms with van der Waals surface area (Å²) >= 11 is 0. The third kappa shape index (κ3) is 8.64. The third-order valence-electron chi connectivity index (χ3n) is 3.76. The Morgan fingerprint density at radius 1 is 0.903 bits per heavy atom. The number of carboxylic acids is 2. The molecule has 0 amide bonds. The molecule has 170 valence electrons. The number of rotatable bonds is 9. The average molecular weight is 440 g/mol. The summed E-state index contributed by atoms with van der Waals surface area (Å²) in [6, 6.07) is 4.17. The maximum atomic E-state index is 11.6. The fourth-order valence-corrected chi connectivity index (χ4v) is 2.22. The Hall–Kier alpha value is -3.76. The molecule has 11 heteroatoms. The van der Waals surface area contributed by atoms with Crippen LogP contribution in [0.25, 0.3) is 0 Å². The molecule has 0 radical (unpaired) electrons. The number of carbonyl (C=O) groups is 6. The molecule has 0 spiro atoms. The zero-order valence-corrected chi connectivity index (χ0v) is 17.5. The number of benzene rings is 1. The lowest BCUT2D eigenvalue weighted by Crippen LogP contribution is -2.34. The van der Waals surface area contributed by atoms with E-state index in [0.717, 1.165) is 7.11 Å². The third-order valence-corrected chi connectivity index (χ3v) is 3.76. The van der Waals surface area contributed by atoms with Gasteiger partial charge in [-0.25, -0.2) is 14.4 Å². The Labute approximate surface area is 177 Å². The van der Waals surface area contributed by atoms with Crippen LogP contribution in [0.3, 0.4) is 0 Å². The van der Waals surface area contributed by atoms with Crippen LogP contribution in [0.4, 0.5) is 0 Å². The maximum Gasteiger partial charge on any atom is 0.375 e. The fraction of sp³-hybridized carbons (Fsp3) is 0.400. The molecule has 0 aromatic heterocycles. The van der Waals surface area contributed by atoms with Crippen molar-refractivity contribution in [3.63, 3.8) is 0 Å². The lowest BCUT2D eigenvalue weighted by molar-refractivity contribution is -0.164. The van der Waals surface area contributed by atoms with Crippen molar-refractivity contribution < 1.29 is 53.2 Å². The number of esters is 3. The SMILES string of the molecule is CCOC(=O)C(=O)C(CC(=O)OC)C(=O)OCC.Cc1c(C(=O)O)cccc1C(=O)O. The molecule has 0 saturated heterocycles. The van der Waals surface area contributed by atoms with E-state index in [4.69, 9.17) is 10.2 Å². The zero-order chi connectivity index (χ0) is 24.1. The van der Waals surface area contributed by atoms with Crippen molar-refractivity contribution >= 4 is 35.6 Å². The summed E-state index contributed by atoms with van der Waals surface area (Å²) in [5.41, 5.74) is 0.335. The summed E-state index contributed by atoms with van der Waals surface area (Å²) in [6.45, 7) is 4.57. The van der Waals surface area contributed by atoms with Crippen LogP contribution < -0.4 is 0 Å². The van der Waals surface area contributed by atoms with Gasteiger partial charge >= 0.3 is 29.8 Å². The molecule has 1 unspecified atom stereocenters. The van der Waals surface area contributed by atoms with Gasteiger partial charge in [-0.1, -0.05) is 6.07 Å². The molecule has 2 N–H and O–H groups in total. The van der Waals surface area contributed by atoms with Crippen molar-refractivity contribution in [2.45, 2.75) is 27.2 Å². The highest BCUT2D eigenvalue weighted by Gasteiger charge is 2.36. The summed E-state index contributed by atoms with van der Waals surface area (Å²) in [4.78, 5) is 66.6. The standard InChI is InChI=1S/C11H16O7.C9H8O4/c1-4-17-10(14)7(6-8(12)16-3)9(13)11(15)18-5-2;1-5-6(8(10)11)3-2-4-7(5)9(12)13/h7H,4-6H2,1-3H3;2-4H,1H3,(H,10,11)(H,12,13). The first-order valence-corrected chi connectivity index (χ1v) is 9.02. The number of methoxy groups -OCH3 is 1. The normalized spacial score (nSPS) is 10.6. The first kappa shape index (κ1) is 27.2. The Morgan fingerprint density at radius 3 is 1.77 bits per heavy atom. The lowest BCUT2D eigenvalue weighted by atomic mass is 10.0. The van der Waals surface area contributed by atoms with E-state index in [9.17, 15) is 28.8 Å². The number of ether oxygens (including phenoxy) is 3. The van der Waals surface area contributed by atoms with E-state index in [1.165, 1.54) is 32.0 Å². The van der Waals surface area contributed by atoms with Gasteiger partial charge in [-0.05, 0) is 38.5 Å². The summed E-state index contributed by atoms with van der Waals surface area (Å²) in [5.74, 6) is -7.75. The molecule has 1 aromatic rings. The molecule has 11 nitrogen and oxygen atoms in total. The van der Waals surface area contributed by atoms with Crippen LogP contribution in [0.1, 0.15) is 46.5 Å². The molecule has 0 saturated carbocycles. The summed E-state index contributed by atoms with van der Waals surface area (Å²) in [5, 5.41) is 17.4. The molecule has 0 aliphatic heterocycles. The lowest BCUT2D eigenvalue weighted by Gasteiger charge is -2.12. The van der Waals surface area contributed by atoms with Crippen molar-refractivity contribution in [1.82, 2.24) is 0 Å². The molecule has 0 aliphatic rings. The van der Waals surface area contributed by atoms with Gasteiger partial charge in [0.1, 0.15) is 5.92 Å². The molecule has 1 aromatic carbocycles. The van der Waals surface area contributed by atoms with Crippen molar-refractivity contribution in [3.05, 3.63) is 34.9 Å². The minimum Gasteiger partial charge on any atom is -0.478 e. The van der Waals surface area contributed by atoms with Crippen LogP contribution in [0.2, 0.25) is 0 Å². The van der Waals surface area contributed by atoms with Gasteiger partial charge < -0.3 is 24.4 Å².